The molecule has 5 heteroatoms. The molecule has 0 unspecified atom stereocenters. The van der Waals surface area contributed by atoms with Crippen LogP contribution in [0.2, 0.25) is 0 Å². The van der Waals surface area contributed by atoms with E-state index < -0.39 is 0 Å². The minimum absolute atomic E-state index is 0.441. The van der Waals surface area contributed by atoms with Crippen LogP contribution < -0.4 is 5.73 Å². The average molecular weight is 198 g/mol. The number of unbranched alkanes of at least 4 members (excludes halogenated alkanes) is 1. The van der Waals surface area contributed by atoms with Crippen LogP contribution in [0.4, 0.5) is 0 Å². The fourth-order valence-corrected chi connectivity index (χ4v) is 1.05. The van der Waals surface area contributed by atoms with E-state index in [4.69, 9.17) is 10.5 Å². The molecule has 0 aliphatic heterocycles. The molecule has 1 rings (SSSR count). The van der Waals surface area contributed by atoms with Crippen LogP contribution in [0.25, 0.3) is 0 Å². The van der Waals surface area contributed by atoms with Crippen molar-refractivity contribution >= 4 is 0 Å². The Kier molecular flexibility index (Phi) is 5.17. The Hall–Kier alpha value is -0.940. The Morgan fingerprint density at radius 3 is 3.00 bits per heavy atom. The highest BCUT2D eigenvalue weighted by Crippen LogP contribution is 1.92. The highest BCUT2D eigenvalue weighted by atomic mass is 16.5. The smallest absolute Gasteiger partial charge is 0.0962 e. The third-order valence-electron chi connectivity index (χ3n) is 1.90. The number of nitrogens with two attached hydrogens (primary N) is 1. The van der Waals surface area contributed by atoms with E-state index in [2.05, 4.69) is 17.2 Å². The first-order valence-electron chi connectivity index (χ1n) is 5.03. The van der Waals surface area contributed by atoms with Gasteiger partial charge in [0.2, 0.25) is 0 Å². The molecule has 5 nitrogen and oxygen atoms in total. The maximum atomic E-state index is 5.41. The summed E-state index contributed by atoms with van der Waals surface area (Å²) in [5.74, 6) is 0. The summed E-state index contributed by atoms with van der Waals surface area (Å²) >= 11 is 0. The van der Waals surface area contributed by atoms with Gasteiger partial charge < -0.3 is 10.5 Å². The van der Waals surface area contributed by atoms with Crippen molar-refractivity contribution in [1.82, 2.24) is 15.0 Å². The van der Waals surface area contributed by atoms with Crippen LogP contribution in [-0.4, -0.2) is 28.2 Å². The summed E-state index contributed by atoms with van der Waals surface area (Å²) in [5, 5.41) is 7.79. The fraction of sp³-hybridized carbons (Fsp3) is 0.778. The van der Waals surface area contributed by atoms with Crippen LogP contribution in [0, 0.1) is 0 Å². The van der Waals surface area contributed by atoms with Crippen molar-refractivity contribution in [3.05, 3.63) is 11.9 Å². The lowest BCUT2D eigenvalue weighted by Gasteiger charge is -2.02. The van der Waals surface area contributed by atoms with Gasteiger partial charge in [0.05, 0.1) is 18.8 Å². The summed E-state index contributed by atoms with van der Waals surface area (Å²) in [7, 11) is 0. The molecule has 0 aromatic carbocycles. The monoisotopic (exact) mass is 198 g/mol. The van der Waals surface area contributed by atoms with Crippen LogP contribution in [0.1, 0.15) is 25.5 Å². The van der Waals surface area contributed by atoms with Crippen LogP contribution in [0.15, 0.2) is 6.20 Å². The van der Waals surface area contributed by atoms with E-state index >= 15 is 0 Å². The number of rotatable bonds is 7. The number of nitrogens with zero attached hydrogens (tertiary/aromatic N) is 3. The molecule has 0 amide bonds. The Morgan fingerprint density at radius 1 is 1.50 bits per heavy atom. The van der Waals surface area contributed by atoms with Crippen molar-refractivity contribution in [2.75, 3.05) is 13.2 Å². The Balaban J connectivity index is 2.12. The molecule has 1 heterocycles. The lowest BCUT2D eigenvalue weighted by molar-refractivity contribution is 0.120. The predicted molar refractivity (Wildman–Crippen MR) is 53.6 cm³/mol. The lowest BCUT2D eigenvalue weighted by Crippen LogP contribution is -2.07. The molecule has 80 valence electrons. The van der Waals surface area contributed by atoms with E-state index in [0.717, 1.165) is 25.3 Å². The van der Waals surface area contributed by atoms with Gasteiger partial charge in [-0.1, -0.05) is 18.6 Å². The molecular weight excluding hydrogens is 180 g/mol. The molecule has 14 heavy (non-hydrogen) atoms. The van der Waals surface area contributed by atoms with Crippen LogP contribution >= 0.6 is 0 Å². The van der Waals surface area contributed by atoms with Gasteiger partial charge in [-0.25, -0.2) is 4.68 Å². The highest BCUT2D eigenvalue weighted by molar-refractivity contribution is 4.90. The zero-order valence-electron chi connectivity index (χ0n) is 8.65. The van der Waals surface area contributed by atoms with E-state index in [1.807, 2.05) is 6.20 Å². The second-order valence-corrected chi connectivity index (χ2v) is 3.14. The summed E-state index contributed by atoms with van der Waals surface area (Å²) in [6.45, 7) is 4.85. The van der Waals surface area contributed by atoms with Crippen molar-refractivity contribution in [3.63, 3.8) is 0 Å². The SMILES string of the molecule is CCCCOCCn1cc(CN)nn1. The fourth-order valence-electron chi connectivity index (χ4n) is 1.05. The number of aromatic nitrogens is 3. The molecule has 0 spiro atoms. The second kappa shape index (κ2) is 6.50. The van der Waals surface area contributed by atoms with E-state index in [0.29, 0.717) is 13.2 Å². The Bertz CT molecular complexity index is 249. The van der Waals surface area contributed by atoms with Gasteiger partial charge in [0.25, 0.3) is 0 Å². The van der Waals surface area contributed by atoms with Crippen molar-refractivity contribution in [3.8, 4) is 0 Å². The first kappa shape index (κ1) is 11.1. The van der Waals surface area contributed by atoms with Crippen molar-refractivity contribution < 1.29 is 4.74 Å². The van der Waals surface area contributed by atoms with E-state index in [-0.39, 0.29) is 0 Å². The van der Waals surface area contributed by atoms with Gasteiger partial charge in [0.1, 0.15) is 0 Å². The average Bonchev–Trinajstić information content (AvgIpc) is 2.65. The molecule has 0 saturated heterocycles. The Labute approximate surface area is 84.2 Å². The summed E-state index contributed by atoms with van der Waals surface area (Å²) in [5.41, 5.74) is 6.23. The molecular formula is C9H18N4O. The largest absolute Gasteiger partial charge is 0.380 e. The molecule has 0 radical (unpaired) electrons. The maximum Gasteiger partial charge on any atom is 0.0962 e. The molecule has 0 bridgehead atoms. The third-order valence-corrected chi connectivity index (χ3v) is 1.90. The summed E-state index contributed by atoms with van der Waals surface area (Å²) < 4.78 is 7.16. The molecule has 1 aromatic heterocycles. The number of ether oxygens (including phenoxy) is 1. The van der Waals surface area contributed by atoms with Crippen molar-refractivity contribution in [2.45, 2.75) is 32.9 Å². The van der Waals surface area contributed by atoms with Gasteiger partial charge in [-0.05, 0) is 6.42 Å². The summed E-state index contributed by atoms with van der Waals surface area (Å²) in [4.78, 5) is 0. The summed E-state index contributed by atoms with van der Waals surface area (Å²) in [6, 6.07) is 0. The van der Waals surface area contributed by atoms with Crippen LogP contribution in [0.3, 0.4) is 0 Å². The zero-order valence-corrected chi connectivity index (χ0v) is 8.65. The quantitative estimate of drug-likeness (QED) is 0.650. The van der Waals surface area contributed by atoms with Gasteiger partial charge in [0, 0.05) is 19.3 Å². The van der Waals surface area contributed by atoms with Gasteiger partial charge >= 0.3 is 0 Å². The molecule has 0 atom stereocenters. The topological polar surface area (TPSA) is 66.0 Å². The minimum Gasteiger partial charge on any atom is -0.380 e. The number of hydrogen-bond donors (Lipinski definition) is 1. The maximum absolute atomic E-state index is 5.41. The molecule has 0 aliphatic rings. The van der Waals surface area contributed by atoms with Crippen molar-refractivity contribution in [2.24, 2.45) is 5.73 Å². The van der Waals surface area contributed by atoms with Crippen LogP contribution in [-0.2, 0) is 17.8 Å². The van der Waals surface area contributed by atoms with Gasteiger partial charge in [-0.2, -0.15) is 0 Å². The van der Waals surface area contributed by atoms with Gasteiger partial charge in [-0.3, -0.25) is 0 Å². The van der Waals surface area contributed by atoms with Gasteiger partial charge in [-0.15, -0.1) is 5.10 Å². The van der Waals surface area contributed by atoms with E-state index in [1.54, 1.807) is 4.68 Å². The van der Waals surface area contributed by atoms with Crippen LogP contribution in [0.5, 0.6) is 0 Å². The summed E-state index contributed by atoms with van der Waals surface area (Å²) in [6.07, 6.45) is 4.13. The Morgan fingerprint density at radius 2 is 2.36 bits per heavy atom. The molecule has 1 aromatic rings. The molecule has 0 saturated carbocycles. The first-order chi connectivity index (χ1) is 6.86. The van der Waals surface area contributed by atoms with Gasteiger partial charge in [0.15, 0.2) is 0 Å². The highest BCUT2D eigenvalue weighted by Gasteiger charge is 1.97. The predicted octanol–water partition coefficient (Wildman–Crippen LogP) is 0.553. The van der Waals surface area contributed by atoms with Crippen molar-refractivity contribution in [1.29, 1.82) is 0 Å². The zero-order chi connectivity index (χ0) is 10.2. The third kappa shape index (κ3) is 3.85. The standard InChI is InChI=1S/C9H18N4O/c1-2-3-5-14-6-4-13-8-9(7-10)11-12-13/h8H,2-7,10H2,1H3. The number of hydrogen-bond acceptors (Lipinski definition) is 4. The van der Waals surface area contributed by atoms with E-state index in [9.17, 15) is 0 Å². The lowest BCUT2D eigenvalue weighted by atomic mass is 10.4. The second-order valence-electron chi connectivity index (χ2n) is 3.14. The molecule has 0 aliphatic carbocycles. The molecule has 2 N–H and O–H groups in total. The minimum atomic E-state index is 0.441. The first-order valence-corrected chi connectivity index (χ1v) is 5.03. The molecule has 0 fully saturated rings. The normalized spacial score (nSPS) is 10.7. The van der Waals surface area contributed by atoms with E-state index in [1.165, 1.54) is 6.42 Å².